The fourth-order valence-corrected chi connectivity index (χ4v) is 12.2. The second-order valence-corrected chi connectivity index (χ2v) is 30.2. The highest BCUT2D eigenvalue weighted by atomic mass is 31.2. The Morgan fingerprint density at radius 1 is 0.304 bits per heavy atom. The van der Waals surface area contributed by atoms with Crippen molar-refractivity contribution in [3.63, 3.8) is 0 Å². The number of hydrogen-bond acceptors (Lipinski definition) is 7. The van der Waals surface area contributed by atoms with Crippen molar-refractivity contribution in [2.75, 3.05) is 47.5 Å². The number of unbranched alkanes of at least 4 members (excludes halogenated alkanes) is 34. The minimum Gasteiger partial charge on any atom is -0.462 e. The van der Waals surface area contributed by atoms with E-state index in [1.54, 1.807) is 0 Å². The van der Waals surface area contributed by atoms with Crippen molar-refractivity contribution in [2.45, 2.75) is 354 Å². The highest BCUT2D eigenvalue weighted by molar-refractivity contribution is 7.47. The Morgan fingerprint density at radius 2 is 0.529 bits per heavy atom. The maximum absolute atomic E-state index is 12.9. The molecule has 582 valence electrons. The lowest BCUT2D eigenvalue weighted by Crippen LogP contribution is -2.37. The molecule has 10 heteroatoms. The normalized spacial score (nSPS) is 13.9. The molecule has 0 heterocycles. The molecular formula is C92H157NO8P+. The highest BCUT2D eigenvalue weighted by Gasteiger charge is 2.27. The molecule has 0 aliphatic carbocycles. The first kappa shape index (κ1) is 97.4. The van der Waals surface area contributed by atoms with Gasteiger partial charge in [0.25, 0.3) is 0 Å². The number of nitrogens with zero attached hydrogens (tertiary/aromatic N) is 1. The quantitative estimate of drug-likeness (QED) is 0.0211. The number of phosphoric ester groups is 1. The molecule has 0 aliphatic heterocycles. The van der Waals surface area contributed by atoms with Gasteiger partial charge < -0.3 is 18.9 Å². The number of hydrogen-bond donors (Lipinski definition) is 1. The number of esters is 2. The second-order valence-electron chi connectivity index (χ2n) is 28.7. The number of quaternary nitrogens is 1. The molecule has 0 aromatic rings. The molecular weight excluding hydrogens is 1280 g/mol. The van der Waals surface area contributed by atoms with Gasteiger partial charge in [0.2, 0.25) is 0 Å². The topological polar surface area (TPSA) is 108 Å². The second kappa shape index (κ2) is 80.5. The number of rotatable bonds is 76. The fraction of sp³-hybridized carbons (Fsp3) is 0.674. The third-order valence-electron chi connectivity index (χ3n) is 17.7. The lowest BCUT2D eigenvalue weighted by atomic mass is 10.0. The van der Waals surface area contributed by atoms with E-state index in [1.807, 2.05) is 21.1 Å². The summed E-state index contributed by atoms with van der Waals surface area (Å²) in [6, 6.07) is 0. The zero-order chi connectivity index (χ0) is 74.0. The first-order valence-electron chi connectivity index (χ1n) is 41.9. The summed E-state index contributed by atoms with van der Waals surface area (Å²) in [4.78, 5) is 36.0. The predicted molar refractivity (Wildman–Crippen MR) is 445 cm³/mol. The van der Waals surface area contributed by atoms with Crippen molar-refractivity contribution < 1.29 is 42.1 Å². The van der Waals surface area contributed by atoms with E-state index in [0.717, 1.165) is 128 Å². The summed E-state index contributed by atoms with van der Waals surface area (Å²) >= 11 is 0. The molecule has 2 atom stereocenters. The molecule has 0 fully saturated rings. The first-order chi connectivity index (χ1) is 50.0. The molecule has 0 rings (SSSR count). The van der Waals surface area contributed by atoms with Crippen LogP contribution in [0.1, 0.15) is 348 Å². The minimum atomic E-state index is -4.40. The maximum Gasteiger partial charge on any atom is 0.472 e. The summed E-state index contributed by atoms with van der Waals surface area (Å²) in [6.45, 7) is 4.23. The summed E-state index contributed by atoms with van der Waals surface area (Å²) in [5, 5.41) is 0. The van der Waals surface area contributed by atoms with E-state index in [-0.39, 0.29) is 32.0 Å². The fourth-order valence-electron chi connectivity index (χ4n) is 11.5. The molecule has 0 radical (unpaired) electrons. The summed E-state index contributed by atoms with van der Waals surface area (Å²) in [5.41, 5.74) is 0. The van der Waals surface area contributed by atoms with Gasteiger partial charge in [0.1, 0.15) is 19.8 Å². The van der Waals surface area contributed by atoms with Crippen LogP contribution in [0.5, 0.6) is 0 Å². The number of phosphoric acid groups is 1. The van der Waals surface area contributed by atoms with Gasteiger partial charge in [-0.3, -0.25) is 18.6 Å². The van der Waals surface area contributed by atoms with Crippen LogP contribution >= 0.6 is 7.82 Å². The summed E-state index contributed by atoms with van der Waals surface area (Å²) < 4.78 is 34.9. The Labute approximate surface area is 629 Å². The Hall–Kier alpha value is -4.63. The van der Waals surface area contributed by atoms with Gasteiger partial charge in [-0.1, -0.05) is 377 Å². The summed E-state index contributed by atoms with van der Waals surface area (Å²) in [5.74, 6) is -0.790. The molecule has 0 saturated heterocycles. The van der Waals surface area contributed by atoms with Gasteiger partial charge >= 0.3 is 19.8 Å². The lowest BCUT2D eigenvalue weighted by molar-refractivity contribution is -0.870. The molecule has 1 N–H and O–H groups in total. The van der Waals surface area contributed by atoms with Crippen LogP contribution in [0.25, 0.3) is 0 Å². The van der Waals surface area contributed by atoms with Gasteiger partial charge in [-0.05, 0) is 128 Å². The molecule has 0 aromatic carbocycles. The van der Waals surface area contributed by atoms with Gasteiger partial charge in [0, 0.05) is 12.8 Å². The molecule has 9 nitrogen and oxygen atoms in total. The van der Waals surface area contributed by atoms with E-state index >= 15 is 0 Å². The number of ether oxygens (including phenoxy) is 2. The van der Waals surface area contributed by atoms with Gasteiger partial charge in [-0.15, -0.1) is 0 Å². The smallest absolute Gasteiger partial charge is 0.462 e. The van der Waals surface area contributed by atoms with Crippen molar-refractivity contribution in [1.29, 1.82) is 0 Å². The third-order valence-corrected chi connectivity index (χ3v) is 18.7. The standard InChI is InChI=1S/C92H156NO8P/c1-6-8-10-12-14-16-18-20-22-24-26-28-30-32-34-36-38-40-42-44-46-48-50-52-54-56-58-60-62-64-66-68-70-72-74-76-78-80-82-84-91(94)98-88-90(89-100-102(96,97)99-87-86-93(3,4)5)101-92(95)85-83-81-79-77-75-73-71-69-67-65-63-61-59-57-55-53-51-49-47-45-43-41-39-37-35-33-31-29-27-25-23-21-19-17-15-13-11-9-7-2/h8-11,14-17,20-23,26-29,32-35,38-41,44-47,90H,6-7,12-13,18-19,24-25,30-31,36-37,42-43,48-89H2,1-5H3/p+1/b10-8-,11-9-,16-14-,17-15-,22-20-,23-21-,28-26-,29-27-,34-32-,35-33-,40-38-,41-39-,46-44-,47-45-. The van der Waals surface area contributed by atoms with Crippen LogP contribution in [0.3, 0.4) is 0 Å². The number of allylic oxidation sites excluding steroid dienone is 28. The number of likely N-dealkylation sites (N-methyl/N-ethyl adjacent to an activating group) is 1. The van der Waals surface area contributed by atoms with Gasteiger partial charge in [0.05, 0.1) is 27.7 Å². The van der Waals surface area contributed by atoms with Crippen LogP contribution in [-0.4, -0.2) is 74.9 Å². The van der Waals surface area contributed by atoms with Crippen LogP contribution in [0.15, 0.2) is 170 Å². The zero-order valence-electron chi connectivity index (χ0n) is 66.5. The van der Waals surface area contributed by atoms with Crippen molar-refractivity contribution in [3.05, 3.63) is 170 Å². The van der Waals surface area contributed by atoms with Crippen molar-refractivity contribution in [1.82, 2.24) is 0 Å². The minimum absolute atomic E-state index is 0.0275. The maximum atomic E-state index is 12.9. The summed E-state index contributed by atoms with van der Waals surface area (Å²) in [6.07, 6.45) is 122. The summed E-state index contributed by atoms with van der Waals surface area (Å²) in [7, 11) is 1.48. The Kier molecular flexibility index (Phi) is 76.8. The van der Waals surface area contributed by atoms with E-state index in [0.29, 0.717) is 17.4 Å². The molecule has 0 saturated carbocycles. The van der Waals surface area contributed by atoms with Crippen LogP contribution in [0.2, 0.25) is 0 Å². The van der Waals surface area contributed by atoms with Gasteiger partial charge in [-0.2, -0.15) is 0 Å². The molecule has 0 spiro atoms. The van der Waals surface area contributed by atoms with Crippen LogP contribution in [0.4, 0.5) is 0 Å². The first-order valence-corrected chi connectivity index (χ1v) is 43.4. The van der Waals surface area contributed by atoms with Crippen LogP contribution < -0.4 is 0 Å². The molecule has 0 bridgehead atoms. The van der Waals surface area contributed by atoms with Crippen molar-refractivity contribution >= 4 is 19.8 Å². The van der Waals surface area contributed by atoms with Crippen LogP contribution in [-0.2, 0) is 32.7 Å². The Bertz CT molecular complexity index is 2340. The third kappa shape index (κ3) is 84.3. The van der Waals surface area contributed by atoms with Gasteiger partial charge in [-0.25, -0.2) is 4.57 Å². The monoisotopic (exact) mass is 1440 g/mol. The van der Waals surface area contributed by atoms with E-state index in [4.69, 9.17) is 18.5 Å². The molecule has 102 heavy (non-hydrogen) atoms. The number of carbonyl (C=O) groups excluding carboxylic acids is 2. The Morgan fingerprint density at radius 3 is 0.784 bits per heavy atom. The Balaban J connectivity index is 3.97. The molecule has 0 aliphatic rings. The number of carbonyl (C=O) groups is 2. The van der Waals surface area contributed by atoms with Gasteiger partial charge in [0.15, 0.2) is 6.10 Å². The average Bonchev–Trinajstić information content (AvgIpc) is 0.935. The predicted octanol–water partition coefficient (Wildman–Crippen LogP) is 28.4. The van der Waals surface area contributed by atoms with Crippen molar-refractivity contribution in [3.8, 4) is 0 Å². The molecule has 0 amide bonds. The molecule has 0 aromatic heterocycles. The lowest BCUT2D eigenvalue weighted by Gasteiger charge is -2.24. The zero-order valence-corrected chi connectivity index (χ0v) is 67.4. The van der Waals surface area contributed by atoms with E-state index in [9.17, 15) is 19.0 Å². The van der Waals surface area contributed by atoms with E-state index in [2.05, 4.69) is 184 Å². The SMILES string of the molecule is CC/C=C\C/C=C\C/C=C\C/C=C\C/C=C\C/C=C\C/C=C\CCCCCCCCCCCCCCCCCCCC(=O)OCC(COP(=O)(O)OCC[N+](C)(C)C)OC(=O)CCCCCCCCCCCCCCCCCCC/C=C\C/C=C\C/C=C\C/C=C\C/C=C\C/C=C\C/C=C\CC. The highest BCUT2D eigenvalue weighted by Crippen LogP contribution is 2.43. The van der Waals surface area contributed by atoms with E-state index < -0.39 is 26.5 Å². The van der Waals surface area contributed by atoms with Crippen molar-refractivity contribution in [2.24, 2.45) is 0 Å². The van der Waals surface area contributed by atoms with Crippen LogP contribution in [0, 0.1) is 0 Å². The largest absolute Gasteiger partial charge is 0.472 e. The average molecular weight is 1440 g/mol. The van der Waals surface area contributed by atoms with E-state index in [1.165, 1.54) is 186 Å². The molecule has 2 unspecified atom stereocenters.